The lowest BCUT2D eigenvalue weighted by Crippen LogP contribution is -2.64. The van der Waals surface area contributed by atoms with Gasteiger partial charge in [0.05, 0.1) is 31.3 Å². The van der Waals surface area contributed by atoms with E-state index >= 15 is 0 Å². The minimum absolute atomic E-state index is 0.241. The van der Waals surface area contributed by atoms with Crippen LogP contribution in [-0.2, 0) is 18.4 Å². The number of amides is 1. The summed E-state index contributed by atoms with van der Waals surface area (Å²) in [6.45, 7) is 3.69. The van der Waals surface area contributed by atoms with Crippen LogP contribution in [0.4, 0.5) is 0 Å². The largest absolute Gasteiger partial charge is 0.472 e. The number of aliphatic hydroxyl groups excluding tert-OH is 7. The molecular formula is C39H76NO12P. The van der Waals surface area contributed by atoms with Crippen molar-refractivity contribution in [2.75, 3.05) is 6.61 Å². The zero-order valence-corrected chi connectivity index (χ0v) is 33.6. The van der Waals surface area contributed by atoms with E-state index in [-0.39, 0.29) is 6.42 Å². The number of aliphatic hydroxyl groups is 7. The zero-order valence-electron chi connectivity index (χ0n) is 32.7. The van der Waals surface area contributed by atoms with Gasteiger partial charge >= 0.3 is 7.82 Å². The summed E-state index contributed by atoms with van der Waals surface area (Å²) in [4.78, 5) is 23.3. The maximum absolute atomic E-state index is 12.9. The van der Waals surface area contributed by atoms with E-state index in [9.17, 15) is 50.0 Å². The van der Waals surface area contributed by atoms with Crippen LogP contribution in [0.15, 0.2) is 12.2 Å². The predicted octanol–water partition coefficient (Wildman–Crippen LogP) is 5.47. The highest BCUT2D eigenvalue weighted by Crippen LogP contribution is 2.47. The number of phosphoric acid groups is 1. The van der Waals surface area contributed by atoms with Crippen molar-refractivity contribution >= 4 is 13.7 Å². The van der Waals surface area contributed by atoms with Gasteiger partial charge in [-0.1, -0.05) is 154 Å². The molecule has 0 aromatic heterocycles. The molecule has 0 aromatic carbocycles. The van der Waals surface area contributed by atoms with E-state index < -0.39 is 75.2 Å². The standard InChI is InChI=1S/C39H76NO12P/c1-3-5-7-9-11-13-15-17-19-21-23-25-27-32(42)31(29-51-53(49,50)52-39-37(47)35(45)34(44)36(46)38(39)48)40-33(43)28-30(41)26-24-22-20-18-16-14-12-10-8-6-4-2/h25,27,30-32,34-39,41-42,44-48H,3-24,26,28-29H2,1-2H3,(H,40,43)(H,49,50)/b27-25+. The van der Waals surface area contributed by atoms with Crippen molar-refractivity contribution in [1.29, 1.82) is 0 Å². The first-order valence-corrected chi connectivity index (χ1v) is 22.2. The Bertz CT molecular complexity index is 974. The van der Waals surface area contributed by atoms with Gasteiger partial charge in [0, 0.05) is 0 Å². The number of rotatable bonds is 33. The molecule has 8 unspecified atom stereocenters. The van der Waals surface area contributed by atoms with Gasteiger partial charge in [-0.05, 0) is 19.3 Å². The SMILES string of the molecule is CCCCCCCCCCCC/C=C/C(O)C(COP(=O)(O)OC1C(O)C(O)C(O)C(O)C1O)NC(=O)CC(O)CCCCCCCCCCCCC. The van der Waals surface area contributed by atoms with Gasteiger partial charge in [-0.25, -0.2) is 4.57 Å². The Morgan fingerprint density at radius 3 is 1.55 bits per heavy atom. The van der Waals surface area contributed by atoms with Gasteiger partial charge in [-0.2, -0.15) is 0 Å². The van der Waals surface area contributed by atoms with E-state index in [4.69, 9.17) is 9.05 Å². The topological polar surface area (TPSA) is 226 Å². The van der Waals surface area contributed by atoms with Gasteiger partial charge < -0.3 is 46.0 Å². The molecular weight excluding hydrogens is 705 g/mol. The lowest BCUT2D eigenvalue weighted by molar-refractivity contribution is -0.220. The van der Waals surface area contributed by atoms with Crippen molar-refractivity contribution in [1.82, 2.24) is 5.32 Å². The fraction of sp³-hybridized carbons (Fsp3) is 0.923. The Labute approximate surface area is 319 Å². The molecule has 0 aromatic rings. The first-order chi connectivity index (χ1) is 25.3. The van der Waals surface area contributed by atoms with Gasteiger partial charge in [-0.3, -0.25) is 13.8 Å². The number of nitrogens with one attached hydrogen (secondary N) is 1. The molecule has 1 fully saturated rings. The zero-order chi connectivity index (χ0) is 39.5. The molecule has 1 aliphatic rings. The fourth-order valence-corrected chi connectivity index (χ4v) is 7.62. The maximum Gasteiger partial charge on any atom is 0.472 e. The van der Waals surface area contributed by atoms with E-state index in [1.54, 1.807) is 6.08 Å². The summed E-state index contributed by atoms with van der Waals surface area (Å²) in [6, 6.07) is -1.23. The van der Waals surface area contributed by atoms with Crippen LogP contribution < -0.4 is 5.32 Å². The summed E-state index contributed by atoms with van der Waals surface area (Å²) in [6.07, 6.45) is 14.6. The highest BCUT2D eigenvalue weighted by atomic mass is 31.2. The minimum atomic E-state index is -5.13. The molecule has 14 heteroatoms. The van der Waals surface area contributed by atoms with Crippen molar-refractivity contribution in [3.05, 3.63) is 12.2 Å². The van der Waals surface area contributed by atoms with Crippen LogP contribution in [0, 0.1) is 0 Å². The van der Waals surface area contributed by atoms with E-state index in [1.165, 1.54) is 96.0 Å². The number of hydrogen-bond acceptors (Lipinski definition) is 11. The van der Waals surface area contributed by atoms with Crippen LogP contribution in [0.3, 0.4) is 0 Å². The summed E-state index contributed by atoms with van der Waals surface area (Å²) >= 11 is 0. The number of hydrogen-bond donors (Lipinski definition) is 9. The Hall–Kier alpha value is -0.960. The van der Waals surface area contributed by atoms with Crippen molar-refractivity contribution in [2.24, 2.45) is 0 Å². The van der Waals surface area contributed by atoms with Crippen molar-refractivity contribution in [3.63, 3.8) is 0 Å². The summed E-state index contributed by atoms with van der Waals surface area (Å²) in [5, 5.41) is 74.1. The average Bonchev–Trinajstić information content (AvgIpc) is 3.12. The third-order valence-electron chi connectivity index (χ3n) is 10.1. The number of carbonyl (C=O) groups excluding carboxylic acids is 1. The molecule has 53 heavy (non-hydrogen) atoms. The number of allylic oxidation sites excluding steroid dienone is 1. The molecule has 9 N–H and O–H groups in total. The third kappa shape index (κ3) is 23.0. The van der Waals surface area contributed by atoms with Crippen LogP contribution in [0.1, 0.15) is 168 Å². The Kier molecular flexibility index (Phi) is 28.5. The summed E-state index contributed by atoms with van der Waals surface area (Å²) in [5.74, 6) is -0.594. The first kappa shape index (κ1) is 50.1. The highest BCUT2D eigenvalue weighted by molar-refractivity contribution is 7.47. The fourth-order valence-electron chi connectivity index (χ4n) is 6.65. The number of unbranched alkanes of at least 4 members (excludes halogenated alkanes) is 20. The predicted molar refractivity (Wildman–Crippen MR) is 206 cm³/mol. The van der Waals surface area contributed by atoms with Gasteiger partial charge in [0.15, 0.2) is 0 Å². The van der Waals surface area contributed by atoms with E-state index in [0.29, 0.717) is 12.8 Å². The highest BCUT2D eigenvalue weighted by Gasteiger charge is 2.51. The molecule has 1 saturated carbocycles. The maximum atomic E-state index is 12.9. The molecule has 0 saturated heterocycles. The molecule has 0 radical (unpaired) electrons. The van der Waals surface area contributed by atoms with Crippen molar-refractivity contribution in [2.45, 2.75) is 223 Å². The Balaban J connectivity index is 2.64. The van der Waals surface area contributed by atoms with Crippen molar-refractivity contribution < 1.29 is 59.0 Å². The first-order valence-electron chi connectivity index (χ1n) is 20.7. The molecule has 0 bridgehead atoms. The van der Waals surface area contributed by atoms with Gasteiger partial charge in [0.2, 0.25) is 5.91 Å². The lowest BCUT2D eigenvalue weighted by atomic mass is 9.85. The lowest BCUT2D eigenvalue weighted by Gasteiger charge is -2.41. The van der Waals surface area contributed by atoms with E-state index in [1.807, 2.05) is 0 Å². The number of phosphoric ester groups is 1. The van der Waals surface area contributed by atoms with Crippen LogP contribution >= 0.6 is 7.82 Å². The molecule has 8 atom stereocenters. The third-order valence-corrected chi connectivity index (χ3v) is 11.1. The molecule has 0 aliphatic heterocycles. The van der Waals surface area contributed by atoms with Gasteiger partial charge in [0.25, 0.3) is 0 Å². The normalized spacial score (nSPS) is 24.9. The molecule has 0 spiro atoms. The molecule has 314 valence electrons. The van der Waals surface area contributed by atoms with Gasteiger partial charge in [-0.15, -0.1) is 0 Å². The smallest absolute Gasteiger partial charge is 0.393 e. The summed E-state index contributed by atoms with van der Waals surface area (Å²) in [5.41, 5.74) is 0. The van der Waals surface area contributed by atoms with Crippen LogP contribution in [-0.4, -0.2) is 108 Å². The average molecular weight is 782 g/mol. The molecule has 0 heterocycles. The molecule has 1 amide bonds. The Morgan fingerprint density at radius 2 is 1.08 bits per heavy atom. The second kappa shape index (κ2) is 30.2. The second-order valence-electron chi connectivity index (χ2n) is 15.0. The van der Waals surface area contributed by atoms with Gasteiger partial charge in [0.1, 0.15) is 36.6 Å². The van der Waals surface area contributed by atoms with Crippen LogP contribution in [0.5, 0.6) is 0 Å². The monoisotopic (exact) mass is 782 g/mol. The Morgan fingerprint density at radius 1 is 0.660 bits per heavy atom. The second-order valence-corrected chi connectivity index (χ2v) is 16.4. The minimum Gasteiger partial charge on any atom is -0.393 e. The summed E-state index contributed by atoms with van der Waals surface area (Å²) in [7, 11) is -5.13. The van der Waals surface area contributed by atoms with E-state index in [0.717, 1.165) is 44.9 Å². The molecule has 1 rings (SSSR count). The molecule has 13 nitrogen and oxygen atoms in total. The van der Waals surface area contributed by atoms with Crippen LogP contribution in [0.25, 0.3) is 0 Å². The quantitative estimate of drug-likeness (QED) is 0.0230. The number of carbonyl (C=O) groups is 1. The van der Waals surface area contributed by atoms with Crippen molar-refractivity contribution in [3.8, 4) is 0 Å². The van der Waals surface area contributed by atoms with E-state index in [2.05, 4.69) is 19.2 Å². The molecule has 1 aliphatic carbocycles. The van der Waals surface area contributed by atoms with Crippen LogP contribution in [0.2, 0.25) is 0 Å². The summed E-state index contributed by atoms with van der Waals surface area (Å²) < 4.78 is 22.7.